The van der Waals surface area contributed by atoms with Crippen LogP contribution in [0.2, 0.25) is 0 Å². The van der Waals surface area contributed by atoms with E-state index in [9.17, 15) is 4.79 Å². The molecule has 3 heteroatoms. The van der Waals surface area contributed by atoms with Crippen LogP contribution in [-0.4, -0.2) is 24.1 Å². The van der Waals surface area contributed by atoms with Crippen LogP contribution in [-0.2, 0) is 0 Å². The number of unbranched alkanes of at least 4 members (excludes halogenated alkanes) is 3. The third-order valence-corrected chi connectivity index (χ3v) is 3.47. The van der Waals surface area contributed by atoms with Crippen molar-refractivity contribution in [3.8, 4) is 5.75 Å². The number of benzene rings is 2. The Bertz CT molecular complexity index is 561. The van der Waals surface area contributed by atoms with Gasteiger partial charge >= 0.3 is 0 Å². The molecule has 22 heavy (non-hydrogen) atoms. The van der Waals surface area contributed by atoms with Crippen molar-refractivity contribution in [3.63, 3.8) is 0 Å². The van der Waals surface area contributed by atoms with E-state index in [1.54, 1.807) is 12.1 Å². The largest absolute Gasteiger partial charge is 0.494 e. The van der Waals surface area contributed by atoms with Crippen LogP contribution in [0.3, 0.4) is 0 Å². The summed E-state index contributed by atoms with van der Waals surface area (Å²) in [6.07, 6.45) is 3.93. The standard InChI is InChI=1S/C19H22O3/c20-14-6-1-2-7-15-22-18-12-10-17(11-13-18)19(21)16-8-4-3-5-9-16/h3-5,8-13,20H,1-2,6-7,14-15H2. The van der Waals surface area contributed by atoms with Crippen molar-refractivity contribution in [3.05, 3.63) is 65.7 Å². The van der Waals surface area contributed by atoms with E-state index in [0.29, 0.717) is 17.7 Å². The summed E-state index contributed by atoms with van der Waals surface area (Å²) in [5.41, 5.74) is 1.36. The highest BCUT2D eigenvalue weighted by Gasteiger charge is 2.08. The first-order valence-electron chi connectivity index (χ1n) is 7.75. The Balaban J connectivity index is 1.82. The Morgan fingerprint density at radius 2 is 1.45 bits per heavy atom. The zero-order valence-electron chi connectivity index (χ0n) is 12.7. The van der Waals surface area contributed by atoms with Crippen molar-refractivity contribution >= 4 is 5.78 Å². The van der Waals surface area contributed by atoms with Crippen LogP contribution in [0.5, 0.6) is 5.75 Å². The summed E-state index contributed by atoms with van der Waals surface area (Å²) in [5.74, 6) is 0.808. The smallest absolute Gasteiger partial charge is 0.193 e. The molecule has 0 fully saturated rings. The van der Waals surface area contributed by atoms with E-state index >= 15 is 0 Å². The van der Waals surface area contributed by atoms with Crippen molar-refractivity contribution in [1.82, 2.24) is 0 Å². The van der Waals surface area contributed by atoms with Crippen LogP contribution in [0.25, 0.3) is 0 Å². The number of hydrogen-bond acceptors (Lipinski definition) is 3. The van der Waals surface area contributed by atoms with Crippen molar-refractivity contribution in [1.29, 1.82) is 0 Å². The number of carbonyl (C=O) groups is 1. The lowest BCUT2D eigenvalue weighted by molar-refractivity contribution is 0.103. The maximum atomic E-state index is 12.3. The summed E-state index contributed by atoms with van der Waals surface area (Å²) in [5, 5.41) is 8.70. The third kappa shape index (κ3) is 5.01. The van der Waals surface area contributed by atoms with Crippen LogP contribution < -0.4 is 4.74 Å². The molecule has 0 spiro atoms. The van der Waals surface area contributed by atoms with Crippen LogP contribution in [0.4, 0.5) is 0 Å². The number of hydrogen-bond donors (Lipinski definition) is 1. The molecular formula is C19H22O3. The Kier molecular flexibility index (Phi) is 6.65. The van der Waals surface area contributed by atoms with E-state index in [0.717, 1.165) is 31.4 Å². The van der Waals surface area contributed by atoms with E-state index in [2.05, 4.69) is 0 Å². The molecular weight excluding hydrogens is 276 g/mol. The van der Waals surface area contributed by atoms with Gasteiger partial charge in [-0.05, 0) is 43.5 Å². The second-order valence-corrected chi connectivity index (χ2v) is 5.21. The number of ketones is 1. The highest BCUT2D eigenvalue weighted by Crippen LogP contribution is 2.16. The first-order chi connectivity index (χ1) is 10.8. The molecule has 1 N–H and O–H groups in total. The first kappa shape index (κ1) is 16.2. The number of aliphatic hydroxyl groups excluding tert-OH is 1. The topological polar surface area (TPSA) is 46.5 Å². The van der Waals surface area contributed by atoms with Gasteiger partial charge in [-0.1, -0.05) is 36.8 Å². The molecule has 0 aliphatic rings. The molecule has 116 valence electrons. The quantitative estimate of drug-likeness (QED) is 0.565. The minimum absolute atomic E-state index is 0.0242. The summed E-state index contributed by atoms with van der Waals surface area (Å²) >= 11 is 0. The molecule has 0 unspecified atom stereocenters. The number of ether oxygens (including phenoxy) is 1. The fraction of sp³-hybridized carbons (Fsp3) is 0.316. The first-order valence-corrected chi connectivity index (χ1v) is 7.75. The molecule has 2 aromatic rings. The number of rotatable bonds is 9. The van der Waals surface area contributed by atoms with Gasteiger partial charge in [0, 0.05) is 17.7 Å². The van der Waals surface area contributed by atoms with Crippen LogP contribution in [0, 0.1) is 0 Å². The van der Waals surface area contributed by atoms with Crippen LogP contribution >= 0.6 is 0 Å². The Labute approximate surface area is 131 Å². The lowest BCUT2D eigenvalue weighted by Crippen LogP contribution is -2.01. The molecule has 2 aromatic carbocycles. The van der Waals surface area contributed by atoms with E-state index in [1.165, 1.54) is 0 Å². The van der Waals surface area contributed by atoms with Crippen LogP contribution in [0.15, 0.2) is 54.6 Å². The van der Waals surface area contributed by atoms with Gasteiger partial charge < -0.3 is 9.84 Å². The second-order valence-electron chi connectivity index (χ2n) is 5.21. The predicted octanol–water partition coefficient (Wildman–Crippen LogP) is 3.85. The molecule has 0 heterocycles. The molecule has 0 saturated carbocycles. The van der Waals surface area contributed by atoms with Gasteiger partial charge in [-0.2, -0.15) is 0 Å². The van der Waals surface area contributed by atoms with E-state index in [-0.39, 0.29) is 12.4 Å². The molecule has 0 aliphatic heterocycles. The Morgan fingerprint density at radius 3 is 2.14 bits per heavy atom. The van der Waals surface area contributed by atoms with Crippen LogP contribution in [0.1, 0.15) is 41.6 Å². The van der Waals surface area contributed by atoms with Gasteiger partial charge in [0.05, 0.1) is 6.61 Å². The fourth-order valence-corrected chi connectivity index (χ4v) is 2.22. The van der Waals surface area contributed by atoms with Crippen molar-refractivity contribution in [2.24, 2.45) is 0 Å². The molecule has 0 aromatic heterocycles. The SMILES string of the molecule is O=C(c1ccccc1)c1ccc(OCCCCCCO)cc1. The van der Waals surface area contributed by atoms with Gasteiger partial charge in [-0.15, -0.1) is 0 Å². The Hall–Kier alpha value is -2.13. The molecule has 2 rings (SSSR count). The summed E-state index contributed by atoms with van der Waals surface area (Å²) < 4.78 is 5.65. The molecule has 0 aliphatic carbocycles. The van der Waals surface area contributed by atoms with Gasteiger partial charge in [0.2, 0.25) is 0 Å². The average Bonchev–Trinajstić information content (AvgIpc) is 2.59. The summed E-state index contributed by atoms with van der Waals surface area (Å²) in [4.78, 5) is 12.3. The van der Waals surface area contributed by atoms with Gasteiger partial charge in [0.25, 0.3) is 0 Å². The van der Waals surface area contributed by atoms with Crippen molar-refractivity contribution < 1.29 is 14.6 Å². The van der Waals surface area contributed by atoms with E-state index in [4.69, 9.17) is 9.84 Å². The van der Waals surface area contributed by atoms with Crippen molar-refractivity contribution in [2.75, 3.05) is 13.2 Å². The molecule has 0 saturated heterocycles. The highest BCUT2D eigenvalue weighted by molar-refractivity contribution is 6.08. The minimum atomic E-state index is 0.0242. The summed E-state index contributed by atoms with van der Waals surface area (Å²) in [6.45, 7) is 0.926. The molecule has 3 nitrogen and oxygen atoms in total. The summed E-state index contributed by atoms with van der Waals surface area (Å²) in [6, 6.07) is 16.5. The maximum Gasteiger partial charge on any atom is 0.193 e. The Morgan fingerprint density at radius 1 is 0.818 bits per heavy atom. The van der Waals surface area contributed by atoms with Crippen molar-refractivity contribution in [2.45, 2.75) is 25.7 Å². The zero-order valence-corrected chi connectivity index (χ0v) is 12.7. The lowest BCUT2D eigenvalue weighted by Gasteiger charge is -2.07. The maximum absolute atomic E-state index is 12.3. The second kappa shape index (κ2) is 9.00. The molecule has 0 atom stereocenters. The van der Waals surface area contributed by atoms with E-state index < -0.39 is 0 Å². The number of carbonyl (C=O) groups excluding carboxylic acids is 1. The minimum Gasteiger partial charge on any atom is -0.494 e. The molecule has 0 radical (unpaired) electrons. The summed E-state index contributed by atoms with van der Waals surface area (Å²) in [7, 11) is 0. The zero-order chi connectivity index (χ0) is 15.6. The fourth-order valence-electron chi connectivity index (χ4n) is 2.22. The lowest BCUT2D eigenvalue weighted by atomic mass is 10.0. The normalized spacial score (nSPS) is 10.4. The predicted molar refractivity (Wildman–Crippen MR) is 87.4 cm³/mol. The van der Waals surface area contributed by atoms with Gasteiger partial charge in [-0.25, -0.2) is 0 Å². The average molecular weight is 298 g/mol. The molecule has 0 bridgehead atoms. The number of aliphatic hydroxyl groups is 1. The monoisotopic (exact) mass is 298 g/mol. The van der Waals surface area contributed by atoms with E-state index in [1.807, 2.05) is 42.5 Å². The van der Waals surface area contributed by atoms with Gasteiger partial charge in [0.15, 0.2) is 5.78 Å². The highest BCUT2D eigenvalue weighted by atomic mass is 16.5. The van der Waals surface area contributed by atoms with Gasteiger partial charge in [-0.3, -0.25) is 4.79 Å². The van der Waals surface area contributed by atoms with Gasteiger partial charge in [0.1, 0.15) is 5.75 Å². The molecule has 0 amide bonds. The third-order valence-electron chi connectivity index (χ3n) is 3.47.